The van der Waals surface area contributed by atoms with E-state index in [9.17, 15) is 8.42 Å². The minimum absolute atomic E-state index is 0.0313. The number of halogens is 1. The Labute approximate surface area is 133 Å². The van der Waals surface area contributed by atoms with Gasteiger partial charge in [-0.2, -0.15) is 4.31 Å². The van der Waals surface area contributed by atoms with E-state index in [-0.39, 0.29) is 10.9 Å². The molecule has 1 unspecified atom stereocenters. The van der Waals surface area contributed by atoms with Gasteiger partial charge < -0.3 is 9.47 Å². The van der Waals surface area contributed by atoms with Crippen LogP contribution in [0, 0.1) is 0 Å². The number of ether oxygens (including phenoxy) is 2. The second-order valence-electron chi connectivity index (χ2n) is 5.39. The molecule has 1 aromatic carbocycles. The molecular formula is C14H18BrNO4S. The summed E-state index contributed by atoms with van der Waals surface area (Å²) in [5.41, 5.74) is 0. The van der Waals surface area contributed by atoms with Crippen LogP contribution in [0.15, 0.2) is 21.5 Å². The summed E-state index contributed by atoms with van der Waals surface area (Å²) in [6.45, 7) is 3.45. The molecular weight excluding hydrogens is 358 g/mol. The summed E-state index contributed by atoms with van der Waals surface area (Å²) in [6.07, 6.45) is 2.89. The molecule has 0 saturated carbocycles. The molecule has 2 heterocycles. The monoisotopic (exact) mass is 375 g/mol. The summed E-state index contributed by atoms with van der Waals surface area (Å²) in [5, 5.41) is 0. The number of fused-ring (bicyclic) bond motifs is 1. The van der Waals surface area contributed by atoms with Crippen molar-refractivity contribution in [1.82, 2.24) is 4.31 Å². The summed E-state index contributed by atoms with van der Waals surface area (Å²) in [6, 6.07) is 3.27. The minimum Gasteiger partial charge on any atom is -0.486 e. The molecule has 2 aliphatic rings. The van der Waals surface area contributed by atoms with Crippen LogP contribution >= 0.6 is 15.9 Å². The fourth-order valence-electron chi connectivity index (χ4n) is 2.80. The lowest BCUT2D eigenvalue weighted by Crippen LogP contribution is -2.42. The van der Waals surface area contributed by atoms with Crippen LogP contribution in [0.5, 0.6) is 11.5 Å². The van der Waals surface area contributed by atoms with Crippen LogP contribution in [0.2, 0.25) is 0 Å². The number of rotatable bonds is 2. The SMILES string of the molecule is CC1CCCCN1S(=O)(=O)c1cc2c(cc1Br)OCCO2. The Bertz CT molecular complexity index is 647. The smallest absolute Gasteiger partial charge is 0.244 e. The molecule has 0 amide bonds. The molecule has 1 saturated heterocycles. The van der Waals surface area contributed by atoms with Crippen molar-refractivity contribution in [2.24, 2.45) is 0 Å². The molecule has 0 radical (unpaired) electrons. The molecule has 21 heavy (non-hydrogen) atoms. The summed E-state index contributed by atoms with van der Waals surface area (Å²) >= 11 is 3.36. The van der Waals surface area contributed by atoms with Crippen LogP contribution in [0.25, 0.3) is 0 Å². The van der Waals surface area contributed by atoms with Gasteiger partial charge in [0.25, 0.3) is 0 Å². The van der Waals surface area contributed by atoms with Gasteiger partial charge >= 0.3 is 0 Å². The third kappa shape index (κ3) is 2.78. The molecule has 0 N–H and O–H groups in total. The van der Waals surface area contributed by atoms with E-state index in [0.29, 0.717) is 35.7 Å². The van der Waals surface area contributed by atoms with E-state index in [1.807, 2.05) is 6.92 Å². The maximum atomic E-state index is 12.9. The zero-order valence-electron chi connectivity index (χ0n) is 11.8. The first-order chi connectivity index (χ1) is 10.00. The predicted molar refractivity (Wildman–Crippen MR) is 82.3 cm³/mol. The van der Waals surface area contributed by atoms with E-state index >= 15 is 0 Å². The quantitative estimate of drug-likeness (QED) is 0.797. The number of benzene rings is 1. The van der Waals surface area contributed by atoms with Crippen molar-refractivity contribution in [1.29, 1.82) is 0 Å². The average Bonchev–Trinajstić information content (AvgIpc) is 2.46. The first-order valence-electron chi connectivity index (χ1n) is 7.11. The van der Waals surface area contributed by atoms with Crippen molar-refractivity contribution in [3.8, 4) is 11.5 Å². The molecule has 0 bridgehead atoms. The highest BCUT2D eigenvalue weighted by Gasteiger charge is 2.33. The van der Waals surface area contributed by atoms with Gasteiger partial charge in [0.15, 0.2) is 11.5 Å². The summed E-state index contributed by atoms with van der Waals surface area (Å²) in [5.74, 6) is 1.08. The Kier molecular flexibility index (Phi) is 4.16. The Hall–Kier alpha value is -0.790. The fraction of sp³-hybridized carbons (Fsp3) is 0.571. The van der Waals surface area contributed by atoms with Gasteiger partial charge in [-0.25, -0.2) is 8.42 Å². The van der Waals surface area contributed by atoms with Crippen molar-refractivity contribution >= 4 is 26.0 Å². The van der Waals surface area contributed by atoms with Crippen molar-refractivity contribution in [3.63, 3.8) is 0 Å². The molecule has 5 nitrogen and oxygen atoms in total. The highest BCUT2D eigenvalue weighted by atomic mass is 79.9. The van der Waals surface area contributed by atoms with Crippen molar-refractivity contribution < 1.29 is 17.9 Å². The third-order valence-corrected chi connectivity index (χ3v) is 6.90. The van der Waals surface area contributed by atoms with Crippen molar-refractivity contribution in [2.45, 2.75) is 37.1 Å². The number of piperidine rings is 1. The van der Waals surface area contributed by atoms with Gasteiger partial charge in [-0.1, -0.05) is 6.42 Å². The van der Waals surface area contributed by atoms with Crippen LogP contribution < -0.4 is 9.47 Å². The molecule has 1 atom stereocenters. The predicted octanol–water partition coefficient (Wildman–Crippen LogP) is 2.78. The highest BCUT2D eigenvalue weighted by molar-refractivity contribution is 9.10. The van der Waals surface area contributed by atoms with Gasteiger partial charge in [0.05, 0.1) is 0 Å². The molecule has 0 aliphatic carbocycles. The van der Waals surface area contributed by atoms with Crippen LogP contribution in [-0.4, -0.2) is 38.5 Å². The van der Waals surface area contributed by atoms with Crippen molar-refractivity contribution in [3.05, 3.63) is 16.6 Å². The highest BCUT2D eigenvalue weighted by Crippen LogP contribution is 2.39. The fourth-order valence-corrected chi connectivity index (χ4v) is 5.50. The summed E-state index contributed by atoms with van der Waals surface area (Å²) < 4.78 is 38.9. The van der Waals surface area contributed by atoms with Crippen LogP contribution in [0.3, 0.4) is 0 Å². The zero-order chi connectivity index (χ0) is 15.0. The first-order valence-corrected chi connectivity index (χ1v) is 9.34. The largest absolute Gasteiger partial charge is 0.486 e. The number of hydrogen-bond donors (Lipinski definition) is 0. The van der Waals surface area contributed by atoms with E-state index in [1.54, 1.807) is 16.4 Å². The lowest BCUT2D eigenvalue weighted by Gasteiger charge is -2.32. The van der Waals surface area contributed by atoms with E-state index in [1.165, 1.54) is 0 Å². The first kappa shape index (κ1) is 15.1. The minimum atomic E-state index is -3.52. The molecule has 0 spiro atoms. The van der Waals surface area contributed by atoms with Gasteiger partial charge in [-0.05, 0) is 41.8 Å². The van der Waals surface area contributed by atoms with Crippen LogP contribution in [-0.2, 0) is 10.0 Å². The molecule has 0 aromatic heterocycles. The second kappa shape index (κ2) is 5.78. The molecule has 1 fully saturated rings. The van der Waals surface area contributed by atoms with Gasteiger partial charge in [0.1, 0.15) is 18.1 Å². The molecule has 3 rings (SSSR count). The summed E-state index contributed by atoms with van der Waals surface area (Å²) in [7, 11) is -3.52. The maximum Gasteiger partial charge on any atom is 0.244 e. The second-order valence-corrected chi connectivity index (χ2v) is 8.10. The van der Waals surface area contributed by atoms with Crippen LogP contribution in [0.4, 0.5) is 0 Å². The number of hydrogen-bond acceptors (Lipinski definition) is 4. The van der Waals surface area contributed by atoms with E-state index in [2.05, 4.69) is 15.9 Å². The lowest BCUT2D eigenvalue weighted by atomic mass is 10.1. The zero-order valence-corrected chi connectivity index (χ0v) is 14.2. The third-order valence-electron chi connectivity index (χ3n) is 3.93. The maximum absolute atomic E-state index is 12.9. The Morgan fingerprint density at radius 3 is 2.52 bits per heavy atom. The molecule has 116 valence electrons. The van der Waals surface area contributed by atoms with E-state index < -0.39 is 10.0 Å². The molecule has 2 aliphatic heterocycles. The van der Waals surface area contributed by atoms with E-state index in [4.69, 9.17) is 9.47 Å². The lowest BCUT2D eigenvalue weighted by molar-refractivity contribution is 0.171. The van der Waals surface area contributed by atoms with Crippen LogP contribution in [0.1, 0.15) is 26.2 Å². The Morgan fingerprint density at radius 2 is 1.86 bits per heavy atom. The summed E-state index contributed by atoms with van der Waals surface area (Å²) in [4.78, 5) is 0.250. The topological polar surface area (TPSA) is 55.8 Å². The van der Waals surface area contributed by atoms with Gasteiger partial charge in [-0.15, -0.1) is 0 Å². The average molecular weight is 376 g/mol. The van der Waals surface area contributed by atoms with E-state index in [0.717, 1.165) is 19.3 Å². The normalized spacial score (nSPS) is 23.0. The number of sulfonamides is 1. The van der Waals surface area contributed by atoms with Gasteiger partial charge in [0, 0.05) is 23.1 Å². The standard InChI is InChI=1S/C14H18BrNO4S/c1-10-4-2-3-5-16(10)21(17,18)14-9-13-12(8-11(14)15)19-6-7-20-13/h8-10H,2-7H2,1H3. The van der Waals surface area contributed by atoms with Gasteiger partial charge in [0.2, 0.25) is 10.0 Å². The molecule has 7 heteroatoms. The Balaban J connectivity index is 2.02. The number of nitrogens with zero attached hydrogens (tertiary/aromatic N) is 1. The Morgan fingerprint density at radius 1 is 1.19 bits per heavy atom. The molecule has 1 aromatic rings. The van der Waals surface area contributed by atoms with Gasteiger partial charge in [-0.3, -0.25) is 0 Å². The van der Waals surface area contributed by atoms with Crippen molar-refractivity contribution in [2.75, 3.05) is 19.8 Å².